The van der Waals surface area contributed by atoms with E-state index in [0.29, 0.717) is 30.5 Å². The molecule has 0 aliphatic heterocycles. The summed E-state index contributed by atoms with van der Waals surface area (Å²) >= 11 is 0. The second-order valence-electron chi connectivity index (χ2n) is 9.26. The maximum absolute atomic E-state index is 9.41. The van der Waals surface area contributed by atoms with E-state index in [1.807, 2.05) is 0 Å². The molecule has 0 aliphatic rings. The molecule has 0 aromatic carbocycles. The molecule has 0 fully saturated rings. The van der Waals surface area contributed by atoms with E-state index in [0.717, 1.165) is 13.0 Å². The van der Waals surface area contributed by atoms with Crippen molar-refractivity contribution in [1.82, 2.24) is 0 Å². The van der Waals surface area contributed by atoms with Gasteiger partial charge in [0.1, 0.15) is 13.1 Å². The smallest absolute Gasteiger partial charge is 0.156 e. The first-order valence-electron chi connectivity index (χ1n) is 13.0. The highest BCUT2D eigenvalue weighted by molar-refractivity contribution is 4.52. The van der Waals surface area contributed by atoms with Crippen molar-refractivity contribution >= 4 is 0 Å². The third-order valence-corrected chi connectivity index (χ3v) is 6.50. The Hall–Kier alpha value is 0.0900. The van der Waals surface area contributed by atoms with Crippen LogP contribution in [0.3, 0.4) is 0 Å². The van der Waals surface area contributed by atoms with E-state index >= 15 is 0 Å². The molecule has 0 atom stereocenters. The summed E-state index contributed by atoms with van der Waals surface area (Å²) in [6, 6.07) is 0. The van der Waals surface area contributed by atoms with E-state index in [2.05, 4.69) is 6.92 Å². The number of hydrogen-bond acceptors (Lipinski definition) is 4. The topological polar surface area (TPSA) is 80.9 Å². The fourth-order valence-electron chi connectivity index (χ4n) is 4.48. The molecule has 0 saturated carbocycles. The van der Waals surface area contributed by atoms with Crippen LogP contribution in [0, 0.1) is 0 Å². The molecule has 0 aromatic heterocycles. The van der Waals surface area contributed by atoms with Crippen molar-refractivity contribution in [3.63, 3.8) is 0 Å². The quantitative estimate of drug-likeness (QED) is 0.0990. The number of aliphatic hydroxyl groups is 4. The first kappa shape index (κ1) is 33.3. The fraction of sp³-hybridized carbons (Fsp3) is 1.00. The van der Waals surface area contributed by atoms with E-state index in [9.17, 15) is 20.4 Å². The summed E-state index contributed by atoms with van der Waals surface area (Å²) in [5, 5.41) is 37.2. The van der Waals surface area contributed by atoms with E-state index in [-0.39, 0.29) is 25.6 Å². The van der Waals surface area contributed by atoms with Gasteiger partial charge in [-0.15, -0.1) is 0 Å². The van der Waals surface area contributed by atoms with Crippen LogP contribution in [0.25, 0.3) is 0 Å². The van der Waals surface area contributed by atoms with Gasteiger partial charge >= 0.3 is 0 Å². The minimum atomic E-state index is -1.31. The van der Waals surface area contributed by atoms with Gasteiger partial charge in [-0.2, -0.15) is 0 Å². The third-order valence-electron chi connectivity index (χ3n) is 6.50. The molecule has 6 heteroatoms. The lowest BCUT2D eigenvalue weighted by molar-refractivity contribution is -0.929. The molecule has 0 heterocycles. The first-order valence-corrected chi connectivity index (χ1v) is 13.0. The molecule has 4 N–H and O–H groups in total. The van der Waals surface area contributed by atoms with Crippen LogP contribution in [0.15, 0.2) is 0 Å². The molecule has 0 aliphatic carbocycles. The summed E-state index contributed by atoms with van der Waals surface area (Å²) in [6.07, 6.45) is 20.5. The molecule has 190 valence electrons. The van der Waals surface area contributed by atoms with Crippen LogP contribution >= 0.6 is 0 Å². The van der Waals surface area contributed by atoms with E-state index < -0.39 is 6.29 Å². The van der Waals surface area contributed by atoms with Crippen LogP contribution in [-0.4, -0.2) is 70.6 Å². The lowest BCUT2D eigenvalue weighted by Gasteiger charge is -2.38. The Balaban J connectivity index is 0. The van der Waals surface area contributed by atoms with Gasteiger partial charge in [0.25, 0.3) is 0 Å². The summed E-state index contributed by atoms with van der Waals surface area (Å²) in [6.45, 7) is 5.05. The van der Waals surface area contributed by atoms with Crippen LogP contribution in [-0.2, 0) is 0 Å². The Labute approximate surface area is 199 Å². The normalized spacial score (nSPS) is 11.8. The number of hydrogen-bond donors (Lipinski definition) is 4. The molecular weight excluding hydrogens is 414 g/mol. The minimum absolute atomic E-state index is 0. The summed E-state index contributed by atoms with van der Waals surface area (Å²) < 4.78 is 0.587. The van der Waals surface area contributed by atoms with Crippen molar-refractivity contribution in [1.29, 1.82) is 0 Å². The highest BCUT2D eigenvalue weighted by Gasteiger charge is 2.26. The molecule has 0 aromatic rings. The van der Waals surface area contributed by atoms with Crippen molar-refractivity contribution in [3.05, 3.63) is 0 Å². The average Bonchev–Trinajstić information content (AvgIpc) is 2.72. The molecule has 0 bridgehead atoms. The van der Waals surface area contributed by atoms with Gasteiger partial charge in [0, 0.05) is 6.42 Å². The standard InChI is InChI=1S/C25H54NO4.ClH/c1-2-3-4-5-6-7-8-9-10-11-12-13-14-15-16-17-19-26(21-23-27,22-24-28)20-18-25(29)30;/h25,27-30H,2-24H2,1H3;1H/q+1;/p-1. The van der Waals surface area contributed by atoms with Gasteiger partial charge in [-0.1, -0.05) is 96.8 Å². The van der Waals surface area contributed by atoms with Crippen LogP contribution in [0.1, 0.15) is 116 Å². The molecular formula is C25H54ClNO4. The predicted molar refractivity (Wildman–Crippen MR) is 126 cm³/mol. The highest BCUT2D eigenvalue weighted by Crippen LogP contribution is 2.16. The van der Waals surface area contributed by atoms with Gasteiger partial charge in [0.2, 0.25) is 0 Å². The van der Waals surface area contributed by atoms with Gasteiger partial charge in [0.05, 0.1) is 26.3 Å². The number of unbranched alkanes of at least 4 members (excludes halogenated alkanes) is 15. The summed E-state index contributed by atoms with van der Waals surface area (Å²) in [4.78, 5) is 0. The number of rotatable bonds is 24. The van der Waals surface area contributed by atoms with Crippen LogP contribution < -0.4 is 12.4 Å². The molecule has 0 unspecified atom stereocenters. The van der Waals surface area contributed by atoms with Crippen LogP contribution in [0.2, 0.25) is 0 Å². The average molecular weight is 468 g/mol. The lowest BCUT2D eigenvalue weighted by atomic mass is 10.0. The highest BCUT2D eigenvalue weighted by atomic mass is 35.5. The maximum atomic E-state index is 9.41. The van der Waals surface area contributed by atoms with Crippen LogP contribution in [0.4, 0.5) is 0 Å². The number of halogens is 1. The Morgan fingerprint density at radius 2 is 0.871 bits per heavy atom. The summed E-state index contributed by atoms with van der Waals surface area (Å²) in [5.41, 5.74) is 0. The zero-order chi connectivity index (χ0) is 22.3. The van der Waals surface area contributed by atoms with E-state index in [4.69, 9.17) is 0 Å². The van der Waals surface area contributed by atoms with Gasteiger partial charge in [-0.05, 0) is 12.8 Å². The molecule has 0 radical (unpaired) electrons. The van der Waals surface area contributed by atoms with Gasteiger partial charge in [-0.25, -0.2) is 0 Å². The Morgan fingerprint density at radius 1 is 0.516 bits per heavy atom. The first-order chi connectivity index (χ1) is 14.6. The maximum Gasteiger partial charge on any atom is 0.156 e. The Morgan fingerprint density at radius 3 is 1.19 bits per heavy atom. The summed E-state index contributed by atoms with van der Waals surface area (Å²) in [7, 11) is 0. The fourth-order valence-corrected chi connectivity index (χ4v) is 4.48. The number of nitrogens with zero attached hydrogens (tertiary/aromatic N) is 1. The Kier molecular flexibility index (Phi) is 26.5. The molecule has 0 rings (SSSR count). The lowest BCUT2D eigenvalue weighted by Crippen LogP contribution is -3.00. The predicted octanol–water partition coefficient (Wildman–Crippen LogP) is 1.75. The second kappa shape index (κ2) is 24.7. The van der Waals surface area contributed by atoms with Crippen molar-refractivity contribution in [3.8, 4) is 0 Å². The van der Waals surface area contributed by atoms with Crippen molar-refractivity contribution in [2.75, 3.05) is 39.4 Å². The minimum Gasteiger partial charge on any atom is -1.00 e. The van der Waals surface area contributed by atoms with Crippen molar-refractivity contribution < 1.29 is 37.3 Å². The number of quaternary nitrogens is 1. The van der Waals surface area contributed by atoms with Gasteiger partial charge < -0.3 is 37.3 Å². The van der Waals surface area contributed by atoms with Crippen molar-refractivity contribution in [2.45, 2.75) is 122 Å². The molecule has 5 nitrogen and oxygen atoms in total. The molecule has 0 spiro atoms. The molecule has 31 heavy (non-hydrogen) atoms. The van der Waals surface area contributed by atoms with E-state index in [1.165, 1.54) is 96.3 Å². The summed E-state index contributed by atoms with van der Waals surface area (Å²) in [5.74, 6) is 0. The molecule has 0 saturated heterocycles. The number of aliphatic hydroxyl groups excluding tert-OH is 3. The van der Waals surface area contributed by atoms with Gasteiger partial charge in [0.15, 0.2) is 6.29 Å². The second-order valence-corrected chi connectivity index (χ2v) is 9.26. The Bertz CT molecular complexity index is 339. The zero-order valence-electron chi connectivity index (χ0n) is 20.5. The largest absolute Gasteiger partial charge is 1.00 e. The SMILES string of the molecule is CCCCCCCCCCCCCCCCCC[N+](CCO)(CCO)CCC(O)O.[Cl-]. The monoisotopic (exact) mass is 467 g/mol. The zero-order valence-corrected chi connectivity index (χ0v) is 21.2. The van der Waals surface area contributed by atoms with Crippen LogP contribution in [0.5, 0.6) is 0 Å². The van der Waals surface area contributed by atoms with Gasteiger partial charge in [-0.3, -0.25) is 0 Å². The van der Waals surface area contributed by atoms with E-state index in [1.54, 1.807) is 0 Å². The third kappa shape index (κ3) is 21.7. The molecule has 0 amide bonds. The van der Waals surface area contributed by atoms with Crippen molar-refractivity contribution in [2.24, 2.45) is 0 Å².